The number of pyridine rings is 1. The Hall–Kier alpha value is -1.95. The Kier molecular flexibility index (Phi) is 4.85. The van der Waals surface area contributed by atoms with Crippen molar-refractivity contribution >= 4 is 40.4 Å². The van der Waals surface area contributed by atoms with Gasteiger partial charge in [-0.3, -0.25) is 9.78 Å². The van der Waals surface area contributed by atoms with Crippen LogP contribution in [0.1, 0.15) is 17.2 Å². The first kappa shape index (κ1) is 16.9. The summed E-state index contributed by atoms with van der Waals surface area (Å²) >= 11 is 13.4. The number of aromatic nitrogens is 1. The molecular weight excluding hydrogens is 370 g/mol. The van der Waals surface area contributed by atoms with Crippen molar-refractivity contribution < 1.29 is 9.18 Å². The molecule has 0 aliphatic rings. The second-order valence-electron chi connectivity index (χ2n) is 5.02. The standard InChI is InChI=1S/C17H11Cl2FN2OS/c18-9-3-1-4-10(20)15(9)16(17(21)23)12-6-2-5-11(22-12)13-7-8-14(19)24-13/h1-8,16H,(H2,21,23). The van der Waals surface area contributed by atoms with Gasteiger partial charge in [0, 0.05) is 10.6 Å². The van der Waals surface area contributed by atoms with E-state index in [0.29, 0.717) is 15.7 Å². The Morgan fingerprint density at radius 3 is 2.50 bits per heavy atom. The van der Waals surface area contributed by atoms with Crippen molar-refractivity contribution in [2.75, 3.05) is 0 Å². The van der Waals surface area contributed by atoms with Crippen molar-refractivity contribution in [3.05, 3.63) is 75.0 Å². The van der Waals surface area contributed by atoms with Gasteiger partial charge in [0.1, 0.15) is 11.7 Å². The van der Waals surface area contributed by atoms with Gasteiger partial charge in [-0.1, -0.05) is 35.3 Å². The summed E-state index contributed by atoms with van der Waals surface area (Å²) in [4.78, 5) is 17.3. The first-order valence-electron chi connectivity index (χ1n) is 6.93. The van der Waals surface area contributed by atoms with Crippen LogP contribution in [0, 0.1) is 5.82 Å². The van der Waals surface area contributed by atoms with Crippen LogP contribution in [0.15, 0.2) is 48.5 Å². The molecule has 122 valence electrons. The third kappa shape index (κ3) is 3.29. The fourth-order valence-corrected chi connectivity index (χ4v) is 3.71. The molecule has 7 heteroatoms. The number of halogens is 3. The second-order valence-corrected chi connectivity index (χ2v) is 7.14. The molecule has 0 saturated carbocycles. The minimum atomic E-state index is -1.07. The van der Waals surface area contributed by atoms with Gasteiger partial charge in [-0.25, -0.2) is 4.39 Å². The van der Waals surface area contributed by atoms with Crippen LogP contribution in [0.25, 0.3) is 10.6 Å². The highest BCUT2D eigenvalue weighted by Gasteiger charge is 2.27. The summed E-state index contributed by atoms with van der Waals surface area (Å²) in [7, 11) is 0. The van der Waals surface area contributed by atoms with E-state index in [4.69, 9.17) is 28.9 Å². The van der Waals surface area contributed by atoms with Gasteiger partial charge in [0.2, 0.25) is 5.91 Å². The molecule has 1 amide bonds. The summed E-state index contributed by atoms with van der Waals surface area (Å²) < 4.78 is 14.9. The highest BCUT2D eigenvalue weighted by atomic mass is 35.5. The Morgan fingerprint density at radius 2 is 1.88 bits per heavy atom. The number of carbonyl (C=O) groups excluding carboxylic acids is 1. The molecule has 0 spiro atoms. The van der Waals surface area contributed by atoms with Crippen molar-refractivity contribution in [1.82, 2.24) is 4.98 Å². The van der Waals surface area contributed by atoms with E-state index in [0.717, 1.165) is 4.88 Å². The molecule has 1 atom stereocenters. The molecule has 3 nitrogen and oxygen atoms in total. The minimum Gasteiger partial charge on any atom is -0.369 e. The molecule has 2 aromatic heterocycles. The SMILES string of the molecule is NC(=O)C(c1cccc(-c2ccc(Cl)s2)n1)c1c(F)cccc1Cl. The number of hydrogen-bond acceptors (Lipinski definition) is 3. The molecule has 2 N–H and O–H groups in total. The maximum atomic E-state index is 14.2. The number of nitrogens with two attached hydrogens (primary N) is 1. The zero-order valence-corrected chi connectivity index (χ0v) is 14.5. The van der Waals surface area contributed by atoms with E-state index in [9.17, 15) is 9.18 Å². The van der Waals surface area contributed by atoms with E-state index in [2.05, 4.69) is 4.98 Å². The lowest BCUT2D eigenvalue weighted by Crippen LogP contribution is -2.24. The maximum Gasteiger partial charge on any atom is 0.231 e. The van der Waals surface area contributed by atoms with Gasteiger partial charge in [0.25, 0.3) is 0 Å². The van der Waals surface area contributed by atoms with Crippen LogP contribution in [0.4, 0.5) is 4.39 Å². The molecule has 24 heavy (non-hydrogen) atoms. The van der Waals surface area contributed by atoms with Crippen LogP contribution in [0.2, 0.25) is 9.36 Å². The molecule has 1 unspecified atom stereocenters. The van der Waals surface area contributed by atoms with Crippen molar-refractivity contribution in [2.45, 2.75) is 5.92 Å². The zero-order chi connectivity index (χ0) is 17.3. The maximum absolute atomic E-state index is 14.2. The fraction of sp³-hybridized carbons (Fsp3) is 0.0588. The van der Waals surface area contributed by atoms with Crippen LogP contribution in [0.3, 0.4) is 0 Å². The van der Waals surface area contributed by atoms with E-state index in [1.165, 1.54) is 29.5 Å². The molecule has 2 heterocycles. The monoisotopic (exact) mass is 380 g/mol. The van der Waals surface area contributed by atoms with Crippen molar-refractivity contribution in [1.29, 1.82) is 0 Å². The second kappa shape index (κ2) is 6.89. The lowest BCUT2D eigenvalue weighted by atomic mass is 9.93. The molecule has 0 aliphatic carbocycles. The average Bonchev–Trinajstić information content (AvgIpc) is 2.97. The Morgan fingerprint density at radius 1 is 1.12 bits per heavy atom. The van der Waals surface area contributed by atoms with E-state index in [1.807, 2.05) is 6.07 Å². The van der Waals surface area contributed by atoms with Crippen LogP contribution in [-0.2, 0) is 4.79 Å². The van der Waals surface area contributed by atoms with Gasteiger partial charge in [-0.15, -0.1) is 11.3 Å². The molecule has 0 saturated heterocycles. The first-order chi connectivity index (χ1) is 11.5. The molecule has 0 bridgehead atoms. The number of amides is 1. The van der Waals surface area contributed by atoms with Gasteiger partial charge < -0.3 is 5.73 Å². The number of rotatable bonds is 4. The fourth-order valence-electron chi connectivity index (χ4n) is 2.42. The van der Waals surface area contributed by atoms with Crippen molar-refractivity contribution in [3.8, 4) is 10.6 Å². The Bertz CT molecular complexity index is 893. The number of benzene rings is 1. The number of thiophene rings is 1. The molecule has 0 aliphatic heterocycles. The molecule has 3 rings (SSSR count). The van der Waals surface area contributed by atoms with Crippen LogP contribution < -0.4 is 5.73 Å². The number of carbonyl (C=O) groups is 1. The van der Waals surface area contributed by atoms with Gasteiger partial charge in [0.05, 0.1) is 20.6 Å². The highest BCUT2D eigenvalue weighted by Crippen LogP contribution is 2.34. The lowest BCUT2D eigenvalue weighted by Gasteiger charge is -2.16. The first-order valence-corrected chi connectivity index (χ1v) is 8.50. The summed E-state index contributed by atoms with van der Waals surface area (Å²) in [6.45, 7) is 0. The van der Waals surface area contributed by atoms with E-state index < -0.39 is 17.6 Å². The quantitative estimate of drug-likeness (QED) is 0.701. The van der Waals surface area contributed by atoms with Gasteiger partial charge in [-0.2, -0.15) is 0 Å². The van der Waals surface area contributed by atoms with Crippen LogP contribution in [0.5, 0.6) is 0 Å². The van der Waals surface area contributed by atoms with E-state index >= 15 is 0 Å². The van der Waals surface area contributed by atoms with Gasteiger partial charge in [0.15, 0.2) is 0 Å². The molecule has 1 aromatic carbocycles. The van der Waals surface area contributed by atoms with E-state index in [-0.39, 0.29) is 10.6 Å². The number of hydrogen-bond donors (Lipinski definition) is 1. The summed E-state index contributed by atoms with van der Waals surface area (Å²) in [5, 5.41) is 0.130. The number of nitrogens with zero attached hydrogens (tertiary/aromatic N) is 1. The summed E-state index contributed by atoms with van der Waals surface area (Å²) in [6, 6.07) is 12.9. The predicted octanol–water partition coefficient (Wildman–Crippen LogP) is 4.87. The summed E-state index contributed by atoms with van der Waals surface area (Å²) in [5.74, 6) is -2.40. The Labute approximate surface area is 151 Å². The average molecular weight is 381 g/mol. The van der Waals surface area contributed by atoms with Crippen LogP contribution >= 0.6 is 34.5 Å². The summed E-state index contributed by atoms with van der Waals surface area (Å²) in [5.41, 5.74) is 6.49. The summed E-state index contributed by atoms with van der Waals surface area (Å²) in [6.07, 6.45) is 0. The topological polar surface area (TPSA) is 56.0 Å². The number of primary amides is 1. The predicted molar refractivity (Wildman–Crippen MR) is 95.0 cm³/mol. The van der Waals surface area contributed by atoms with E-state index in [1.54, 1.807) is 24.3 Å². The molecule has 3 aromatic rings. The third-order valence-corrected chi connectivity index (χ3v) is 5.05. The molecule has 0 fully saturated rings. The smallest absolute Gasteiger partial charge is 0.231 e. The highest BCUT2D eigenvalue weighted by molar-refractivity contribution is 7.19. The third-order valence-electron chi connectivity index (χ3n) is 3.46. The largest absolute Gasteiger partial charge is 0.369 e. The minimum absolute atomic E-state index is 0.0283. The molecule has 0 radical (unpaired) electrons. The van der Waals surface area contributed by atoms with Gasteiger partial charge >= 0.3 is 0 Å². The van der Waals surface area contributed by atoms with Gasteiger partial charge in [-0.05, 0) is 36.4 Å². The lowest BCUT2D eigenvalue weighted by molar-refractivity contribution is -0.118. The van der Waals surface area contributed by atoms with Crippen LogP contribution in [-0.4, -0.2) is 10.9 Å². The normalized spacial score (nSPS) is 12.1. The Balaban J connectivity index is 2.12. The molecular formula is C17H11Cl2FN2OS. The zero-order valence-electron chi connectivity index (χ0n) is 12.2. The van der Waals surface area contributed by atoms with Crippen molar-refractivity contribution in [3.63, 3.8) is 0 Å². The van der Waals surface area contributed by atoms with Crippen molar-refractivity contribution in [2.24, 2.45) is 5.73 Å².